The molecule has 8 atom stereocenters. The number of aromatic nitrogens is 4. The van der Waals surface area contributed by atoms with Crippen molar-refractivity contribution in [1.29, 1.82) is 0 Å². The summed E-state index contributed by atoms with van der Waals surface area (Å²) in [6.07, 6.45) is 15.5. The van der Waals surface area contributed by atoms with E-state index in [-0.39, 0.29) is 80.0 Å². The lowest BCUT2D eigenvalue weighted by molar-refractivity contribution is -0.00435. The summed E-state index contributed by atoms with van der Waals surface area (Å²) in [7, 11) is 2.23. The van der Waals surface area contributed by atoms with Gasteiger partial charge in [-0.3, -0.25) is 4.90 Å². The van der Waals surface area contributed by atoms with Crippen molar-refractivity contribution in [3.63, 3.8) is 0 Å². The van der Waals surface area contributed by atoms with Crippen molar-refractivity contribution in [2.24, 2.45) is 10.8 Å². The number of aryl methyl sites for hydroxylation is 1. The van der Waals surface area contributed by atoms with Crippen LogP contribution in [0.4, 0.5) is 24.8 Å². The highest BCUT2D eigenvalue weighted by atomic mass is 19.1. The number of hydrogen-bond acceptors (Lipinski definition) is 14. The standard InChI is InChI=1S/C70H77F3N10O4/c1-3-40-13-14-42(53-30-48(85)32-54(59(40)53)49-19-21-51-63(61(49)72)76-67(78-65(51)82-34-43-15-16-44(35-82)74-43)86-38-69-23-5-11-57(69)80(2)27-7-25-69)33-81-28-8-26-70(24-6-12-58(70)81)39-87-68-77-64-52(66(79-68)83-36-45-17-18-46(37-83)75-45)22-20-50(62(64)73)55-31-47(84)29-41-9-4-10-56(71)60(41)55/h4,9-10,13-14,19-22,29-32,43-46,57-58,74-75,84-85H,3,5-8,11-12,15-18,23-28,33-39H2,1-2H3/t43?,44?,45?,46?,57-,58-,69-,70-/m1/s1. The molecule has 452 valence electrons. The molecule has 87 heavy (non-hydrogen) atoms. The molecule has 4 unspecified atom stereocenters. The van der Waals surface area contributed by atoms with Gasteiger partial charge in [0.15, 0.2) is 11.6 Å². The second-order valence-corrected chi connectivity index (χ2v) is 27.2. The second-order valence-electron chi connectivity index (χ2n) is 27.2. The van der Waals surface area contributed by atoms with Crippen LogP contribution in [0.1, 0.15) is 108 Å². The van der Waals surface area contributed by atoms with Gasteiger partial charge >= 0.3 is 12.0 Å². The second kappa shape index (κ2) is 21.6. The van der Waals surface area contributed by atoms with E-state index in [2.05, 4.69) is 56.3 Å². The normalized spacial score (nSPS) is 27.3. The summed E-state index contributed by atoms with van der Waals surface area (Å²) < 4.78 is 64.8. The molecule has 0 radical (unpaired) electrons. The number of benzene rings is 6. The Kier molecular flexibility index (Phi) is 13.7. The number of fused-ring (bicyclic) bond motifs is 10. The molecule has 8 aliphatic rings. The smallest absolute Gasteiger partial charge is 0.319 e. The molecule has 4 bridgehead atoms. The number of piperidine rings is 2. The van der Waals surface area contributed by atoms with Crippen LogP contribution in [-0.2, 0) is 13.0 Å². The van der Waals surface area contributed by atoms with E-state index < -0.39 is 17.5 Å². The highest BCUT2D eigenvalue weighted by molar-refractivity contribution is 6.05. The molecular formula is C70H77F3N10O4. The average molecular weight is 1180 g/mol. The van der Waals surface area contributed by atoms with Gasteiger partial charge in [0.1, 0.15) is 40.0 Å². The van der Waals surface area contributed by atoms with Crippen molar-refractivity contribution in [2.45, 2.75) is 146 Å². The van der Waals surface area contributed by atoms with E-state index in [1.54, 1.807) is 24.3 Å². The van der Waals surface area contributed by atoms with E-state index in [1.807, 2.05) is 24.3 Å². The number of hydrogen-bond donors (Lipinski definition) is 4. The molecule has 0 spiro atoms. The van der Waals surface area contributed by atoms with Gasteiger partial charge in [-0.15, -0.1) is 0 Å². The third kappa shape index (κ3) is 9.49. The van der Waals surface area contributed by atoms with Crippen molar-refractivity contribution in [1.82, 2.24) is 40.4 Å². The molecule has 6 aliphatic heterocycles. The third-order valence-electron chi connectivity index (χ3n) is 22.1. The van der Waals surface area contributed by atoms with Crippen LogP contribution in [0.15, 0.2) is 78.9 Å². The molecule has 2 aromatic heterocycles. The number of likely N-dealkylation sites (tertiary alicyclic amines) is 2. The Bertz CT molecular complexity index is 4040. The third-order valence-corrected chi connectivity index (χ3v) is 22.1. The molecule has 6 aromatic carbocycles. The van der Waals surface area contributed by atoms with Crippen molar-refractivity contribution in [3.8, 4) is 45.8 Å². The van der Waals surface area contributed by atoms with Crippen LogP contribution in [0.25, 0.3) is 65.6 Å². The first-order valence-electron chi connectivity index (χ1n) is 32.3. The van der Waals surface area contributed by atoms with E-state index in [4.69, 9.17) is 29.4 Å². The fraction of sp³-hybridized carbons (Fsp3) is 0.486. The quantitative estimate of drug-likeness (QED) is 0.0868. The lowest BCUT2D eigenvalue weighted by atomic mass is 9.75. The maximum Gasteiger partial charge on any atom is 0.319 e. The van der Waals surface area contributed by atoms with Crippen molar-refractivity contribution >= 4 is 55.0 Å². The van der Waals surface area contributed by atoms with Gasteiger partial charge in [0.2, 0.25) is 0 Å². The van der Waals surface area contributed by atoms with Crippen LogP contribution >= 0.6 is 0 Å². The molecule has 6 saturated heterocycles. The van der Waals surface area contributed by atoms with Crippen LogP contribution < -0.4 is 29.9 Å². The lowest BCUT2D eigenvalue weighted by Crippen LogP contribution is -2.52. The largest absolute Gasteiger partial charge is 0.508 e. The summed E-state index contributed by atoms with van der Waals surface area (Å²) >= 11 is 0. The fourth-order valence-corrected chi connectivity index (χ4v) is 18.1. The molecule has 0 amide bonds. The first kappa shape index (κ1) is 55.3. The van der Waals surface area contributed by atoms with Crippen LogP contribution in [0.2, 0.25) is 0 Å². The van der Waals surface area contributed by atoms with Gasteiger partial charge in [-0.1, -0.05) is 56.2 Å². The zero-order valence-electron chi connectivity index (χ0n) is 49.9. The Morgan fingerprint density at radius 1 is 0.552 bits per heavy atom. The zero-order chi connectivity index (χ0) is 58.9. The molecule has 8 fully saturated rings. The number of phenolic OH excluding ortho intramolecular Hbond substituents is 2. The molecule has 4 N–H and O–H groups in total. The minimum absolute atomic E-state index is 0.0179. The van der Waals surface area contributed by atoms with Crippen LogP contribution in [0.3, 0.4) is 0 Å². The Morgan fingerprint density at radius 3 is 1.68 bits per heavy atom. The molecular weight excluding hydrogens is 1100 g/mol. The van der Waals surface area contributed by atoms with Crippen molar-refractivity contribution < 1.29 is 32.9 Å². The SMILES string of the molecule is CCc1ccc(CN2CCC[C@@]3(COc4nc(N5CC6CCC(C5)N6)c5ccc(-c6cc(O)cc7cccc(F)c67)c(F)c5n4)CCC[C@@H]23)c2cc(O)cc(-c3ccc4c(N5CC6CCC(C5)N6)nc(OC[C@]56CCC[C@H]5N(C)CCC6)nc4c3F)c12. The number of nitrogens with zero attached hydrogens (tertiary/aromatic N) is 8. The highest BCUT2D eigenvalue weighted by Gasteiger charge is 2.50. The minimum atomic E-state index is -0.631. The Morgan fingerprint density at radius 2 is 1.08 bits per heavy atom. The topological polar surface area (TPSA) is 148 Å². The number of halogens is 3. The molecule has 2 saturated carbocycles. The van der Waals surface area contributed by atoms with Gasteiger partial charge in [0.05, 0.1) is 13.2 Å². The predicted molar refractivity (Wildman–Crippen MR) is 335 cm³/mol. The number of aromatic hydroxyl groups is 2. The van der Waals surface area contributed by atoms with Gasteiger partial charge in [-0.25, -0.2) is 13.2 Å². The Labute approximate surface area is 505 Å². The summed E-state index contributed by atoms with van der Waals surface area (Å²) in [5, 5.41) is 33.8. The van der Waals surface area contributed by atoms with Crippen LogP contribution in [0, 0.1) is 28.3 Å². The average Bonchev–Trinajstić information content (AvgIpc) is 1.85. The summed E-state index contributed by atoms with van der Waals surface area (Å²) in [5.74, 6) is -0.296. The first-order valence-corrected chi connectivity index (χ1v) is 32.3. The number of phenols is 2. The summed E-state index contributed by atoms with van der Waals surface area (Å²) in [5.41, 5.74) is 3.57. The first-order chi connectivity index (χ1) is 42.4. The molecule has 14 nitrogen and oxygen atoms in total. The molecule has 16 rings (SSSR count). The maximum atomic E-state index is 18.1. The highest BCUT2D eigenvalue weighted by Crippen LogP contribution is 2.51. The van der Waals surface area contributed by atoms with E-state index in [1.165, 1.54) is 24.6 Å². The number of ether oxygens (including phenoxy) is 2. The minimum Gasteiger partial charge on any atom is -0.508 e. The fourth-order valence-electron chi connectivity index (χ4n) is 18.1. The van der Waals surface area contributed by atoms with Crippen molar-refractivity contribution in [2.75, 3.05) is 69.3 Å². The van der Waals surface area contributed by atoms with Gasteiger partial charge < -0.3 is 45.0 Å². The van der Waals surface area contributed by atoms with Crippen molar-refractivity contribution in [3.05, 3.63) is 107 Å². The van der Waals surface area contributed by atoms with Gasteiger partial charge in [-0.2, -0.15) is 19.9 Å². The van der Waals surface area contributed by atoms with Gasteiger partial charge in [0, 0.05) is 107 Å². The molecule has 2 aliphatic carbocycles. The summed E-state index contributed by atoms with van der Waals surface area (Å²) in [4.78, 5) is 29.8. The molecule has 8 heterocycles. The molecule has 8 aromatic rings. The van der Waals surface area contributed by atoms with E-state index in [0.29, 0.717) is 96.3 Å². The number of anilines is 2. The predicted octanol–water partition coefficient (Wildman–Crippen LogP) is 12.3. The number of nitrogens with one attached hydrogen (secondary N) is 2. The molecule has 17 heteroatoms. The maximum absolute atomic E-state index is 18.1. The number of piperazine rings is 2. The number of rotatable bonds is 13. The summed E-state index contributed by atoms with van der Waals surface area (Å²) in [6.45, 7) is 8.51. The Balaban J connectivity index is 0.725. The van der Waals surface area contributed by atoms with E-state index in [0.717, 1.165) is 132 Å². The van der Waals surface area contributed by atoms with Gasteiger partial charge in [-0.05, 0) is 184 Å². The zero-order valence-corrected chi connectivity index (χ0v) is 49.9. The van der Waals surface area contributed by atoms with Crippen LogP contribution in [0.5, 0.6) is 23.5 Å². The Hall–Kier alpha value is -7.05. The summed E-state index contributed by atoms with van der Waals surface area (Å²) in [6, 6.07) is 25.0. The monoisotopic (exact) mass is 1180 g/mol. The van der Waals surface area contributed by atoms with Crippen LogP contribution in [-0.4, -0.2) is 136 Å². The van der Waals surface area contributed by atoms with Gasteiger partial charge in [0.25, 0.3) is 0 Å². The lowest BCUT2D eigenvalue weighted by Gasteiger charge is -2.46. The van der Waals surface area contributed by atoms with E-state index >= 15 is 13.2 Å². The van der Waals surface area contributed by atoms with E-state index in [9.17, 15) is 10.2 Å².